The van der Waals surface area contributed by atoms with E-state index in [1.165, 1.54) is 47.7 Å². The van der Waals surface area contributed by atoms with Crippen molar-refractivity contribution >= 4 is 70.2 Å². The van der Waals surface area contributed by atoms with Crippen molar-refractivity contribution in [3.05, 3.63) is 200 Å². The highest BCUT2D eigenvalue weighted by Gasteiger charge is 2.46. The van der Waals surface area contributed by atoms with Gasteiger partial charge in [0, 0.05) is 10.6 Å². The second-order valence-electron chi connectivity index (χ2n) is 12.0. The molecular formula is C44H39P3+2. The molecule has 0 amide bonds. The first kappa shape index (κ1) is 31.4. The van der Waals surface area contributed by atoms with Crippen LogP contribution < -0.4 is 47.7 Å². The first-order valence-corrected chi connectivity index (χ1v) is 21.9. The molecular weight excluding hydrogens is 621 g/mol. The van der Waals surface area contributed by atoms with Crippen LogP contribution in [0.2, 0.25) is 0 Å². The fourth-order valence-electron chi connectivity index (χ4n) is 6.81. The average Bonchev–Trinajstić information content (AvgIpc) is 3.16. The monoisotopic (exact) mass is 660 g/mol. The van der Waals surface area contributed by atoms with Gasteiger partial charge in [0.2, 0.25) is 0 Å². The van der Waals surface area contributed by atoms with Crippen molar-refractivity contribution in [1.29, 1.82) is 0 Å². The fourth-order valence-corrected chi connectivity index (χ4v) is 17.6. The summed E-state index contributed by atoms with van der Waals surface area (Å²) >= 11 is 0. The zero-order valence-electron chi connectivity index (χ0n) is 26.9. The Morgan fingerprint density at radius 1 is 0.298 bits per heavy atom. The number of hydrogen-bond acceptors (Lipinski definition) is 0. The predicted molar refractivity (Wildman–Crippen MR) is 214 cm³/mol. The van der Waals surface area contributed by atoms with Gasteiger partial charge in [0.1, 0.15) is 46.4 Å². The van der Waals surface area contributed by atoms with E-state index < -0.39 is 22.4 Å². The number of benzene rings is 7. The zero-order valence-corrected chi connectivity index (χ0v) is 29.6. The molecule has 0 atom stereocenters. The molecule has 0 fully saturated rings. The lowest BCUT2D eigenvalue weighted by Gasteiger charge is -2.31. The molecule has 0 heterocycles. The minimum absolute atomic E-state index is 0.922. The highest BCUT2D eigenvalue weighted by Crippen LogP contribution is 2.55. The molecule has 47 heavy (non-hydrogen) atoms. The van der Waals surface area contributed by atoms with E-state index in [4.69, 9.17) is 0 Å². The van der Waals surface area contributed by atoms with Crippen LogP contribution in [0.4, 0.5) is 0 Å². The van der Waals surface area contributed by atoms with Gasteiger partial charge in [0.05, 0.1) is 13.3 Å². The van der Waals surface area contributed by atoms with Gasteiger partial charge in [-0.1, -0.05) is 127 Å². The Hall–Kier alpha value is -4.17. The van der Waals surface area contributed by atoms with E-state index in [1.807, 2.05) is 0 Å². The van der Waals surface area contributed by atoms with E-state index in [0.29, 0.717) is 0 Å². The van der Waals surface area contributed by atoms with E-state index in [1.54, 1.807) is 0 Å². The molecule has 0 spiro atoms. The molecule has 0 aliphatic carbocycles. The molecule has 0 aliphatic heterocycles. The van der Waals surface area contributed by atoms with Gasteiger partial charge in [-0.3, -0.25) is 0 Å². The van der Waals surface area contributed by atoms with Gasteiger partial charge < -0.3 is 0 Å². The molecule has 0 saturated carbocycles. The topological polar surface area (TPSA) is 0 Å². The molecule has 0 N–H and O–H groups in total. The van der Waals surface area contributed by atoms with Gasteiger partial charge >= 0.3 is 0 Å². The first-order chi connectivity index (χ1) is 23.1. The predicted octanol–water partition coefficient (Wildman–Crippen LogP) is 7.29. The Morgan fingerprint density at radius 2 is 0.553 bits per heavy atom. The smallest absolute Gasteiger partial charge is 0.0622 e. The average molecular weight is 661 g/mol. The van der Waals surface area contributed by atoms with Crippen molar-refractivity contribution in [3.63, 3.8) is 0 Å². The Labute approximate surface area is 282 Å². The molecule has 0 bridgehead atoms. The molecule has 0 aromatic heterocycles. The summed E-state index contributed by atoms with van der Waals surface area (Å²) in [7, 11) is -4.93. The van der Waals surface area contributed by atoms with Gasteiger partial charge in [0.25, 0.3) is 0 Å². The lowest BCUT2D eigenvalue weighted by molar-refractivity contribution is 1.72. The second kappa shape index (κ2) is 13.9. The standard InChI is InChI=1S/C44H39P3/c1-46(37-24-10-4-11-25-37,38-26-12-5-13-27-38)43-34-20-18-32-41(43)45(36-22-8-3-9-23-36)42-33-19-21-35-44(42)47(2,39-28-14-6-15-29-39)40-30-16-7-17-31-40/h3-35H,1-2H3/q+2. The quantitative estimate of drug-likeness (QED) is 0.143. The van der Waals surface area contributed by atoms with Crippen LogP contribution in [0.5, 0.6) is 0 Å². The largest absolute Gasteiger partial charge is 0.112 e. The highest BCUT2D eigenvalue weighted by atomic mass is 31.2. The van der Waals surface area contributed by atoms with Crippen molar-refractivity contribution in [3.8, 4) is 0 Å². The van der Waals surface area contributed by atoms with Gasteiger partial charge in [0.15, 0.2) is 0 Å². The van der Waals surface area contributed by atoms with Crippen LogP contribution in [-0.2, 0) is 0 Å². The molecule has 7 aromatic carbocycles. The second-order valence-corrected chi connectivity index (χ2v) is 21.2. The summed E-state index contributed by atoms with van der Waals surface area (Å²) in [5.41, 5.74) is 0. The Kier molecular flexibility index (Phi) is 9.30. The third kappa shape index (κ3) is 5.93. The zero-order chi connectivity index (χ0) is 32.1. The van der Waals surface area contributed by atoms with Crippen LogP contribution in [0.3, 0.4) is 0 Å². The Bertz CT molecular complexity index is 1830. The van der Waals surface area contributed by atoms with Crippen LogP contribution in [0, 0.1) is 0 Å². The maximum atomic E-state index is 2.52. The third-order valence-corrected chi connectivity index (χ3v) is 20.3. The molecule has 7 rings (SSSR count). The van der Waals surface area contributed by atoms with Gasteiger partial charge in [-0.15, -0.1) is 0 Å². The minimum Gasteiger partial charge on any atom is -0.0622 e. The summed E-state index contributed by atoms with van der Waals surface area (Å²) in [6.45, 7) is 5.04. The van der Waals surface area contributed by atoms with Crippen LogP contribution in [-0.4, -0.2) is 13.3 Å². The summed E-state index contributed by atoms with van der Waals surface area (Å²) in [6.07, 6.45) is 0. The molecule has 0 unspecified atom stereocenters. The summed E-state index contributed by atoms with van der Waals surface area (Å²) in [5.74, 6) is 0. The maximum Gasteiger partial charge on any atom is 0.112 e. The maximum absolute atomic E-state index is 2.52. The van der Waals surface area contributed by atoms with Crippen LogP contribution in [0.25, 0.3) is 0 Å². The molecule has 0 saturated heterocycles. The summed E-state index contributed by atoms with van der Waals surface area (Å²) < 4.78 is 0. The molecule has 0 radical (unpaired) electrons. The van der Waals surface area contributed by atoms with Crippen molar-refractivity contribution in [2.24, 2.45) is 0 Å². The van der Waals surface area contributed by atoms with E-state index >= 15 is 0 Å². The van der Waals surface area contributed by atoms with Crippen LogP contribution in [0.1, 0.15) is 0 Å². The summed E-state index contributed by atoms with van der Waals surface area (Å²) in [4.78, 5) is 0. The lowest BCUT2D eigenvalue weighted by atomic mass is 10.3. The third-order valence-electron chi connectivity index (χ3n) is 9.31. The van der Waals surface area contributed by atoms with E-state index in [9.17, 15) is 0 Å². The molecule has 3 heteroatoms. The summed E-state index contributed by atoms with van der Waals surface area (Å²) in [6, 6.07) is 74.8. The van der Waals surface area contributed by atoms with Crippen molar-refractivity contribution in [2.75, 3.05) is 13.3 Å². The fraction of sp³-hybridized carbons (Fsp3) is 0.0455. The van der Waals surface area contributed by atoms with E-state index in [0.717, 1.165) is 0 Å². The van der Waals surface area contributed by atoms with Crippen LogP contribution in [0.15, 0.2) is 200 Å². The SMILES string of the molecule is C[P+](c1ccccc1)(c1ccccc1)c1ccccc1P(c1ccccc1)c1ccccc1[P+](C)(c1ccccc1)c1ccccc1. The molecule has 0 nitrogen and oxygen atoms in total. The van der Waals surface area contributed by atoms with E-state index in [2.05, 4.69) is 214 Å². The van der Waals surface area contributed by atoms with Crippen LogP contribution >= 0.6 is 22.4 Å². The van der Waals surface area contributed by atoms with Crippen molar-refractivity contribution in [1.82, 2.24) is 0 Å². The van der Waals surface area contributed by atoms with E-state index in [-0.39, 0.29) is 0 Å². The Morgan fingerprint density at radius 3 is 0.872 bits per heavy atom. The van der Waals surface area contributed by atoms with Crippen molar-refractivity contribution in [2.45, 2.75) is 0 Å². The number of rotatable bonds is 9. The van der Waals surface area contributed by atoms with Gasteiger partial charge in [-0.2, -0.15) is 0 Å². The lowest BCUT2D eigenvalue weighted by Crippen LogP contribution is -2.43. The first-order valence-electron chi connectivity index (χ1n) is 16.1. The Balaban J connectivity index is 1.54. The highest BCUT2D eigenvalue weighted by molar-refractivity contribution is 7.98. The normalized spacial score (nSPS) is 11.8. The van der Waals surface area contributed by atoms with Gasteiger partial charge in [-0.05, 0) is 86.0 Å². The molecule has 228 valence electrons. The molecule has 0 aliphatic rings. The summed E-state index contributed by atoms with van der Waals surface area (Å²) in [5, 5.41) is 12.8. The number of hydrogen-bond donors (Lipinski definition) is 0. The van der Waals surface area contributed by atoms with Crippen molar-refractivity contribution < 1.29 is 0 Å². The molecule has 7 aromatic rings. The van der Waals surface area contributed by atoms with Gasteiger partial charge in [-0.25, -0.2) is 0 Å². The minimum atomic E-state index is -2.01.